The van der Waals surface area contributed by atoms with E-state index in [0.717, 1.165) is 22.3 Å². The Morgan fingerprint density at radius 1 is 0.929 bits per heavy atom. The van der Waals surface area contributed by atoms with Crippen LogP contribution in [0, 0.1) is 0 Å². The molecule has 0 saturated heterocycles. The first-order chi connectivity index (χ1) is 13.6. The maximum Gasteiger partial charge on any atom is 0.326 e. The molecule has 0 bridgehead atoms. The van der Waals surface area contributed by atoms with Gasteiger partial charge in [0.15, 0.2) is 0 Å². The second-order valence-corrected chi connectivity index (χ2v) is 6.59. The maximum absolute atomic E-state index is 12.8. The van der Waals surface area contributed by atoms with Gasteiger partial charge in [0.1, 0.15) is 6.54 Å². The highest BCUT2D eigenvalue weighted by Gasteiger charge is 2.34. The first-order valence-corrected chi connectivity index (χ1v) is 9.07. The van der Waals surface area contributed by atoms with Crippen LogP contribution in [0.4, 0.5) is 0 Å². The molecule has 0 aliphatic carbocycles. The van der Waals surface area contributed by atoms with Gasteiger partial charge in [-0.15, -0.1) is 0 Å². The number of nitrogens with zero attached hydrogens (tertiary/aromatic N) is 2. The number of aromatic nitrogens is 1. The molecule has 1 aliphatic rings. The van der Waals surface area contributed by atoms with Crippen molar-refractivity contribution >= 4 is 28.6 Å². The van der Waals surface area contributed by atoms with Gasteiger partial charge >= 0.3 is 5.97 Å². The fraction of sp³-hybridized carbons (Fsp3) is 0.182. The third kappa shape index (κ3) is 3.36. The van der Waals surface area contributed by atoms with Gasteiger partial charge in [-0.1, -0.05) is 24.3 Å². The van der Waals surface area contributed by atoms with E-state index in [2.05, 4.69) is 4.98 Å². The van der Waals surface area contributed by atoms with E-state index in [9.17, 15) is 14.4 Å². The van der Waals surface area contributed by atoms with Crippen LogP contribution in [0.15, 0.2) is 60.9 Å². The lowest BCUT2D eigenvalue weighted by Gasteiger charge is -2.26. The quantitative estimate of drug-likeness (QED) is 0.377. The number of pyridine rings is 1. The van der Waals surface area contributed by atoms with Gasteiger partial charge in [-0.05, 0) is 48.1 Å². The number of benzene rings is 2. The van der Waals surface area contributed by atoms with Gasteiger partial charge in [-0.3, -0.25) is 24.3 Å². The molecule has 0 saturated carbocycles. The predicted octanol–water partition coefficient (Wildman–Crippen LogP) is 3.01. The van der Waals surface area contributed by atoms with E-state index in [-0.39, 0.29) is 6.61 Å². The highest BCUT2D eigenvalue weighted by molar-refractivity contribution is 6.26. The Bertz CT molecular complexity index is 1010. The molecule has 0 unspecified atom stereocenters. The minimum absolute atomic E-state index is 0.226. The van der Waals surface area contributed by atoms with Gasteiger partial charge in [0.2, 0.25) is 0 Å². The molecule has 0 fully saturated rings. The molecule has 0 spiro atoms. The Kier molecular flexibility index (Phi) is 4.85. The number of imide groups is 1. The lowest BCUT2D eigenvalue weighted by atomic mass is 9.94. The van der Waals surface area contributed by atoms with Crippen LogP contribution in [0.25, 0.3) is 10.8 Å². The molecule has 3 aromatic rings. The van der Waals surface area contributed by atoms with E-state index in [4.69, 9.17) is 4.74 Å². The number of hydrogen-bond donors (Lipinski definition) is 0. The van der Waals surface area contributed by atoms with E-state index >= 15 is 0 Å². The van der Waals surface area contributed by atoms with Crippen LogP contribution in [0.3, 0.4) is 0 Å². The van der Waals surface area contributed by atoms with Crippen molar-refractivity contribution in [2.45, 2.75) is 12.8 Å². The van der Waals surface area contributed by atoms with Gasteiger partial charge in [-0.25, -0.2) is 0 Å². The third-order valence-corrected chi connectivity index (χ3v) is 4.77. The summed E-state index contributed by atoms with van der Waals surface area (Å²) in [5.74, 6) is -1.53. The van der Waals surface area contributed by atoms with Crippen LogP contribution >= 0.6 is 0 Å². The maximum atomic E-state index is 12.8. The molecule has 4 rings (SSSR count). The largest absolute Gasteiger partial charge is 0.464 e. The van der Waals surface area contributed by atoms with Crippen LogP contribution in [-0.4, -0.2) is 40.8 Å². The SMILES string of the molecule is O=C(CN1C(=O)c2cccc3cccc(c23)C1=O)OCCCc1ccncc1. The molecule has 140 valence electrons. The Labute approximate surface area is 161 Å². The molecule has 1 aromatic heterocycles. The normalized spacial score (nSPS) is 13.1. The first kappa shape index (κ1) is 17.9. The number of rotatable bonds is 6. The zero-order valence-electron chi connectivity index (χ0n) is 15.1. The topological polar surface area (TPSA) is 76.6 Å². The van der Waals surface area contributed by atoms with E-state index in [0.29, 0.717) is 22.9 Å². The van der Waals surface area contributed by atoms with E-state index in [1.807, 2.05) is 24.3 Å². The van der Waals surface area contributed by atoms with Crippen molar-refractivity contribution in [2.24, 2.45) is 0 Å². The van der Waals surface area contributed by atoms with Crippen molar-refractivity contribution in [3.63, 3.8) is 0 Å². The highest BCUT2D eigenvalue weighted by atomic mass is 16.5. The summed E-state index contributed by atoms with van der Waals surface area (Å²) in [7, 11) is 0. The Morgan fingerprint density at radius 3 is 2.21 bits per heavy atom. The van der Waals surface area contributed by atoms with Crippen molar-refractivity contribution in [1.82, 2.24) is 9.88 Å². The van der Waals surface area contributed by atoms with Gasteiger partial charge in [0.25, 0.3) is 11.8 Å². The number of hydrogen-bond acceptors (Lipinski definition) is 5. The molecular weight excluding hydrogens is 356 g/mol. The number of carbonyl (C=O) groups excluding carboxylic acids is 3. The van der Waals surface area contributed by atoms with Crippen molar-refractivity contribution in [3.05, 3.63) is 77.6 Å². The van der Waals surface area contributed by atoms with Crippen LogP contribution in [0.1, 0.15) is 32.7 Å². The standard InChI is InChI=1S/C22H18N2O4/c25-19(28-13-3-4-15-9-11-23-12-10-15)14-24-21(26)17-7-1-5-16-6-2-8-18(20(16)17)22(24)27/h1-2,5-12H,3-4,13-14H2. The summed E-state index contributed by atoms with van der Waals surface area (Å²) in [5.41, 5.74) is 1.97. The Morgan fingerprint density at radius 2 is 1.57 bits per heavy atom. The monoisotopic (exact) mass is 374 g/mol. The Hall–Kier alpha value is -3.54. The Balaban J connectivity index is 1.40. The average molecular weight is 374 g/mol. The lowest BCUT2D eigenvalue weighted by Crippen LogP contribution is -2.43. The van der Waals surface area contributed by atoms with Crippen molar-refractivity contribution in [1.29, 1.82) is 0 Å². The minimum atomic E-state index is -0.594. The fourth-order valence-corrected chi connectivity index (χ4v) is 3.41. The number of ether oxygens (including phenoxy) is 1. The predicted molar refractivity (Wildman–Crippen MR) is 103 cm³/mol. The summed E-state index contributed by atoms with van der Waals surface area (Å²) in [6, 6.07) is 14.4. The van der Waals surface area contributed by atoms with Crippen molar-refractivity contribution in [3.8, 4) is 0 Å². The van der Waals surface area contributed by atoms with Crippen molar-refractivity contribution < 1.29 is 19.1 Å². The molecular formula is C22H18N2O4. The molecule has 6 nitrogen and oxygen atoms in total. The molecule has 0 atom stereocenters. The second kappa shape index (κ2) is 7.60. The van der Waals surface area contributed by atoms with E-state index < -0.39 is 24.3 Å². The number of esters is 1. The molecule has 6 heteroatoms. The summed E-state index contributed by atoms with van der Waals surface area (Å²) in [6.45, 7) is -0.165. The summed E-state index contributed by atoms with van der Waals surface area (Å²) in [4.78, 5) is 42.6. The summed E-state index contributed by atoms with van der Waals surface area (Å²) < 4.78 is 5.22. The van der Waals surface area contributed by atoms with Gasteiger partial charge in [0, 0.05) is 28.9 Å². The summed E-state index contributed by atoms with van der Waals surface area (Å²) in [6.07, 6.45) is 4.84. The number of carbonyl (C=O) groups is 3. The van der Waals surface area contributed by atoms with Crippen LogP contribution in [-0.2, 0) is 16.0 Å². The molecule has 0 N–H and O–H groups in total. The molecule has 28 heavy (non-hydrogen) atoms. The smallest absolute Gasteiger partial charge is 0.326 e. The minimum Gasteiger partial charge on any atom is -0.464 e. The van der Waals surface area contributed by atoms with Crippen molar-refractivity contribution in [2.75, 3.05) is 13.2 Å². The number of aryl methyl sites for hydroxylation is 1. The van der Waals surface area contributed by atoms with Gasteiger partial charge < -0.3 is 4.74 Å². The van der Waals surface area contributed by atoms with Crippen LogP contribution < -0.4 is 0 Å². The van der Waals surface area contributed by atoms with Gasteiger partial charge in [0.05, 0.1) is 6.61 Å². The fourth-order valence-electron chi connectivity index (χ4n) is 3.41. The third-order valence-electron chi connectivity index (χ3n) is 4.77. The lowest BCUT2D eigenvalue weighted by molar-refractivity contribution is -0.144. The van der Waals surface area contributed by atoms with Crippen LogP contribution in [0.5, 0.6) is 0 Å². The molecule has 2 heterocycles. The molecule has 0 radical (unpaired) electrons. The van der Waals surface area contributed by atoms with Crippen LogP contribution in [0.2, 0.25) is 0 Å². The zero-order valence-corrected chi connectivity index (χ0v) is 15.1. The van der Waals surface area contributed by atoms with E-state index in [1.54, 1.807) is 36.7 Å². The molecule has 1 aliphatic heterocycles. The zero-order chi connectivity index (χ0) is 19.5. The number of amides is 2. The highest BCUT2D eigenvalue weighted by Crippen LogP contribution is 2.29. The second-order valence-electron chi connectivity index (χ2n) is 6.59. The molecule has 2 aromatic carbocycles. The molecule has 2 amide bonds. The van der Waals surface area contributed by atoms with Gasteiger partial charge in [-0.2, -0.15) is 0 Å². The van der Waals surface area contributed by atoms with E-state index in [1.165, 1.54) is 0 Å². The average Bonchev–Trinajstić information content (AvgIpc) is 2.73. The summed E-state index contributed by atoms with van der Waals surface area (Å²) in [5, 5.41) is 1.47. The summed E-state index contributed by atoms with van der Waals surface area (Å²) >= 11 is 0. The first-order valence-electron chi connectivity index (χ1n) is 9.07.